The van der Waals surface area contributed by atoms with Gasteiger partial charge in [0.15, 0.2) is 0 Å². The molecule has 0 bridgehead atoms. The molecule has 0 unspecified atom stereocenters. The highest BCUT2D eigenvalue weighted by Gasteiger charge is 2.71. The molecule has 11 nitrogen and oxygen atoms in total. The number of hydrogen-bond donors (Lipinski definition) is 3. The lowest BCUT2D eigenvalue weighted by Gasteiger charge is -2.50. The van der Waals surface area contributed by atoms with Crippen LogP contribution in [-0.2, 0) is 24.6 Å². The number of phenols is 1. The molecule has 4 amide bonds. The van der Waals surface area contributed by atoms with Gasteiger partial charge >= 0.3 is 0 Å². The molecular formula is C34H29ClFN3O8. The molecule has 3 fully saturated rings. The molecule has 3 N–H and O–H groups in total. The lowest BCUT2D eigenvalue weighted by molar-refractivity contribution is -0.173. The number of hydroxylamine groups is 2. The maximum Gasteiger partial charge on any atom is 0.260 e. The van der Waals surface area contributed by atoms with Crippen molar-refractivity contribution in [2.45, 2.75) is 24.2 Å². The van der Waals surface area contributed by atoms with Crippen LogP contribution in [-0.4, -0.2) is 58.2 Å². The number of ether oxygens (including phenoxy) is 2. The maximum absolute atomic E-state index is 15.1. The number of carbonyl (C=O) groups excluding carboxylic acids is 4. The zero-order chi connectivity index (χ0) is 33.4. The molecule has 2 aliphatic carbocycles. The summed E-state index contributed by atoms with van der Waals surface area (Å²) in [6.45, 7) is 0. The molecule has 2 aliphatic heterocycles. The average molecular weight is 662 g/mol. The van der Waals surface area contributed by atoms with Gasteiger partial charge in [-0.3, -0.25) is 29.8 Å². The number of imide groups is 2. The Hall–Kier alpha value is -4.94. The van der Waals surface area contributed by atoms with E-state index in [9.17, 15) is 29.1 Å². The van der Waals surface area contributed by atoms with Crippen LogP contribution in [0.3, 0.4) is 0 Å². The van der Waals surface area contributed by atoms with Gasteiger partial charge in [0.25, 0.3) is 23.6 Å². The van der Waals surface area contributed by atoms with E-state index in [0.29, 0.717) is 16.2 Å². The van der Waals surface area contributed by atoms with E-state index in [2.05, 4.69) is 5.43 Å². The lowest BCUT2D eigenvalue weighted by Crippen LogP contribution is -2.53. The van der Waals surface area contributed by atoms with Crippen LogP contribution in [0.1, 0.15) is 29.9 Å². The Morgan fingerprint density at radius 3 is 2.30 bits per heavy atom. The van der Waals surface area contributed by atoms with Crippen molar-refractivity contribution < 1.29 is 43.4 Å². The van der Waals surface area contributed by atoms with Crippen molar-refractivity contribution in [3.05, 3.63) is 94.3 Å². The summed E-state index contributed by atoms with van der Waals surface area (Å²) in [4.78, 5) is 56.0. The molecule has 3 aromatic carbocycles. The minimum Gasteiger partial charge on any atom is -0.507 e. The summed E-state index contributed by atoms with van der Waals surface area (Å²) < 4.78 is 24.9. The van der Waals surface area contributed by atoms with Crippen molar-refractivity contribution in [2.24, 2.45) is 23.7 Å². The Morgan fingerprint density at radius 2 is 1.64 bits per heavy atom. The summed E-state index contributed by atoms with van der Waals surface area (Å²) >= 11 is 6.29. The third-order valence-electron chi connectivity index (χ3n) is 10.1. The first-order chi connectivity index (χ1) is 22.5. The number of halogens is 2. The second kappa shape index (κ2) is 11.1. The van der Waals surface area contributed by atoms with Gasteiger partial charge in [0.05, 0.1) is 43.1 Å². The van der Waals surface area contributed by atoms with E-state index < -0.39 is 64.5 Å². The topological polar surface area (TPSA) is 146 Å². The highest BCUT2D eigenvalue weighted by molar-refractivity contribution is 6.30. The van der Waals surface area contributed by atoms with Crippen molar-refractivity contribution in [2.75, 3.05) is 19.6 Å². The molecule has 1 saturated carbocycles. The first-order valence-corrected chi connectivity index (χ1v) is 15.3. The average Bonchev–Trinajstić information content (AvgIpc) is 3.42. The highest BCUT2D eigenvalue weighted by atomic mass is 35.5. The van der Waals surface area contributed by atoms with Crippen molar-refractivity contribution in [3.63, 3.8) is 0 Å². The molecule has 13 heteroatoms. The van der Waals surface area contributed by atoms with Gasteiger partial charge < -0.3 is 14.6 Å². The number of hydrogen-bond acceptors (Lipinski definition) is 9. The number of rotatable bonds is 6. The van der Waals surface area contributed by atoms with Crippen molar-refractivity contribution in [1.29, 1.82) is 0 Å². The van der Waals surface area contributed by atoms with E-state index in [1.54, 1.807) is 36.4 Å². The first kappa shape index (κ1) is 30.7. The number of allylic oxidation sites excluding steroid dienone is 2. The van der Waals surface area contributed by atoms with Crippen molar-refractivity contribution in [1.82, 2.24) is 10.1 Å². The third-order valence-corrected chi connectivity index (χ3v) is 10.3. The summed E-state index contributed by atoms with van der Waals surface area (Å²) in [5, 5.41) is 23.5. The minimum atomic E-state index is -1.73. The Kier molecular flexibility index (Phi) is 7.25. The number of hydrazine groups is 1. The van der Waals surface area contributed by atoms with E-state index in [1.807, 2.05) is 0 Å². The SMILES string of the molecule is COc1cc(O)c([C@H]2C3=CC[C@@H]4C(=O)N(O)C(=O)[C@@H]4[C@@H]3C[C@H]3C(=O)N(Nc4ccc(F)cc4)C(=O)[C@@]23c2ccc(Cl)cc2)c(OC)c1. The predicted octanol–water partition coefficient (Wildman–Crippen LogP) is 4.58. The highest BCUT2D eigenvalue weighted by Crippen LogP contribution is 2.66. The number of fused-ring (bicyclic) bond motifs is 4. The minimum absolute atomic E-state index is 0.0373. The number of methoxy groups -OCH3 is 2. The molecule has 0 aromatic heterocycles. The zero-order valence-electron chi connectivity index (χ0n) is 25.1. The van der Waals surface area contributed by atoms with Crippen LogP contribution in [0.4, 0.5) is 10.1 Å². The number of nitrogens with one attached hydrogen (secondary N) is 1. The van der Waals surface area contributed by atoms with Crippen molar-refractivity contribution in [3.8, 4) is 17.2 Å². The van der Waals surface area contributed by atoms with E-state index in [-0.39, 0.29) is 46.4 Å². The molecule has 2 saturated heterocycles. The Bertz CT molecular complexity index is 1870. The van der Waals surface area contributed by atoms with Crippen LogP contribution < -0.4 is 14.9 Å². The fourth-order valence-electron chi connectivity index (χ4n) is 8.12. The molecule has 0 radical (unpaired) electrons. The van der Waals surface area contributed by atoms with Crippen LogP contribution >= 0.6 is 11.6 Å². The van der Waals surface area contributed by atoms with E-state index in [1.165, 1.54) is 44.6 Å². The fourth-order valence-corrected chi connectivity index (χ4v) is 8.24. The van der Waals surface area contributed by atoms with Crippen LogP contribution in [0.5, 0.6) is 17.2 Å². The van der Waals surface area contributed by atoms with Crippen LogP contribution in [0.2, 0.25) is 5.02 Å². The number of nitrogens with zero attached hydrogens (tertiary/aromatic N) is 2. The van der Waals surface area contributed by atoms with Gasteiger partial charge in [-0.25, -0.2) is 4.39 Å². The van der Waals surface area contributed by atoms with Gasteiger partial charge in [0, 0.05) is 28.6 Å². The normalized spacial score (nSPS) is 28.1. The van der Waals surface area contributed by atoms with Gasteiger partial charge in [-0.05, 0) is 60.7 Å². The number of aromatic hydroxyl groups is 1. The smallest absolute Gasteiger partial charge is 0.260 e. The number of carbonyl (C=O) groups is 4. The van der Waals surface area contributed by atoms with Gasteiger partial charge in [-0.1, -0.05) is 35.4 Å². The molecule has 6 atom stereocenters. The van der Waals surface area contributed by atoms with Gasteiger partial charge in [0.2, 0.25) is 0 Å². The quantitative estimate of drug-likeness (QED) is 0.196. The molecule has 3 aromatic rings. The standard InChI is InChI=1S/C34H29ClFN3O8/c1-46-20-13-25(40)28(26(14-20)47-2)29-21-11-12-22-27(32(43)39(45)30(22)41)23(21)15-24-31(42)38(37-19-9-7-18(36)8-10-19)33(44)34(24,29)16-3-5-17(35)6-4-16/h3-11,13-14,22-24,27,29,37,40,45H,12,15H2,1-2H3/t22-,23+,24-,27-,29+,34+/m0/s1. The summed E-state index contributed by atoms with van der Waals surface area (Å²) in [7, 11) is 2.81. The van der Waals surface area contributed by atoms with E-state index in [0.717, 1.165) is 5.01 Å². The summed E-state index contributed by atoms with van der Waals surface area (Å²) in [5.41, 5.74) is 2.51. The monoisotopic (exact) mass is 661 g/mol. The molecule has 242 valence electrons. The molecule has 47 heavy (non-hydrogen) atoms. The van der Waals surface area contributed by atoms with Gasteiger partial charge in [-0.15, -0.1) is 0 Å². The van der Waals surface area contributed by atoms with Crippen molar-refractivity contribution >= 4 is 40.9 Å². The first-order valence-electron chi connectivity index (χ1n) is 14.9. The summed E-state index contributed by atoms with van der Waals surface area (Å²) in [5.74, 6) is -8.10. The second-order valence-electron chi connectivity index (χ2n) is 12.1. The maximum atomic E-state index is 15.1. The Morgan fingerprint density at radius 1 is 0.936 bits per heavy atom. The lowest BCUT2D eigenvalue weighted by atomic mass is 9.49. The largest absolute Gasteiger partial charge is 0.507 e. The third kappa shape index (κ3) is 4.35. The number of phenolic OH excluding ortho intramolecular Hbond substituents is 1. The fraction of sp³-hybridized carbons (Fsp3) is 0.294. The number of benzene rings is 3. The van der Waals surface area contributed by atoms with Gasteiger partial charge in [0.1, 0.15) is 23.1 Å². The molecule has 0 spiro atoms. The zero-order valence-corrected chi connectivity index (χ0v) is 25.9. The van der Waals surface area contributed by atoms with Crippen LogP contribution in [0.15, 0.2) is 72.3 Å². The molecule has 2 heterocycles. The van der Waals surface area contributed by atoms with Crippen LogP contribution in [0, 0.1) is 29.5 Å². The second-order valence-corrected chi connectivity index (χ2v) is 12.6. The van der Waals surface area contributed by atoms with E-state index >= 15 is 4.79 Å². The number of amides is 4. The molecule has 7 rings (SSSR count). The van der Waals surface area contributed by atoms with Gasteiger partial charge in [-0.2, -0.15) is 10.1 Å². The Balaban J connectivity index is 1.52. The van der Waals surface area contributed by atoms with E-state index in [4.69, 9.17) is 21.1 Å². The number of anilines is 1. The molecular weight excluding hydrogens is 633 g/mol. The summed E-state index contributed by atoms with van der Waals surface area (Å²) in [6.07, 6.45) is 1.81. The summed E-state index contributed by atoms with van der Waals surface area (Å²) in [6, 6.07) is 14.5. The molecule has 4 aliphatic rings. The Labute approximate surface area is 273 Å². The van der Waals surface area contributed by atoms with Crippen LogP contribution in [0.25, 0.3) is 0 Å². The predicted molar refractivity (Wildman–Crippen MR) is 164 cm³/mol.